The highest BCUT2D eigenvalue weighted by Gasteiger charge is 2.50. The fourth-order valence-corrected chi connectivity index (χ4v) is 4.50. The fraction of sp³-hybridized carbons (Fsp3) is 1.00. The molecule has 0 N–H and O–H groups in total. The van der Waals surface area contributed by atoms with E-state index in [1.54, 1.807) is 0 Å². The lowest BCUT2D eigenvalue weighted by molar-refractivity contribution is 0.0372. The van der Waals surface area contributed by atoms with Crippen molar-refractivity contribution in [3.8, 4) is 0 Å². The van der Waals surface area contributed by atoms with Gasteiger partial charge in [0.2, 0.25) is 0 Å². The molecule has 1 saturated heterocycles. The van der Waals surface area contributed by atoms with E-state index in [0.717, 1.165) is 0 Å². The third-order valence-electron chi connectivity index (χ3n) is 3.23. The zero-order valence-corrected chi connectivity index (χ0v) is 12.5. The molecule has 0 aromatic rings. The molecule has 1 rings (SSSR count). The number of thioether (sulfide) groups is 1. The van der Waals surface area contributed by atoms with Gasteiger partial charge in [0.25, 0.3) is 0 Å². The molecule has 0 saturated carbocycles. The van der Waals surface area contributed by atoms with Gasteiger partial charge in [-0.25, -0.2) is 0 Å². The highest BCUT2D eigenvalue weighted by atomic mass is 32.2. The summed E-state index contributed by atoms with van der Waals surface area (Å²) in [4.78, 5) is 2.66. The van der Waals surface area contributed by atoms with Crippen LogP contribution in [0.15, 0.2) is 0 Å². The van der Waals surface area contributed by atoms with Crippen LogP contribution < -0.4 is 0 Å². The van der Waals surface area contributed by atoms with E-state index in [4.69, 9.17) is 0 Å². The van der Waals surface area contributed by atoms with Gasteiger partial charge in [-0.2, -0.15) is 0 Å². The first-order valence-electron chi connectivity index (χ1n) is 5.87. The van der Waals surface area contributed by atoms with Crippen LogP contribution in [0.3, 0.4) is 0 Å². The number of hydrogen-bond donors (Lipinski definition) is 0. The topological polar surface area (TPSA) is 3.24 Å². The molecule has 0 aliphatic carbocycles. The average Bonchev–Trinajstić information content (AvgIpc) is 2.21. The summed E-state index contributed by atoms with van der Waals surface area (Å²) >= 11 is 2.10. The van der Waals surface area contributed by atoms with Crippen molar-refractivity contribution in [2.45, 2.75) is 71.7 Å². The summed E-state index contributed by atoms with van der Waals surface area (Å²) < 4.78 is 0.367. The molecule has 0 spiro atoms. The number of rotatable bonds is 0. The molecular weight excluding hydrogens is 202 g/mol. The van der Waals surface area contributed by atoms with Crippen LogP contribution >= 0.6 is 11.8 Å². The SMILES string of the molecule is CC(C)(C)C1N(C(C)(C)C)CSC1(C)C. The van der Waals surface area contributed by atoms with Gasteiger partial charge >= 0.3 is 0 Å². The van der Waals surface area contributed by atoms with Crippen molar-refractivity contribution in [2.24, 2.45) is 5.41 Å². The molecule has 15 heavy (non-hydrogen) atoms. The molecule has 0 amide bonds. The average molecular weight is 229 g/mol. The van der Waals surface area contributed by atoms with Crippen molar-refractivity contribution in [1.82, 2.24) is 4.90 Å². The maximum absolute atomic E-state index is 2.66. The predicted octanol–water partition coefficient (Wildman–Crippen LogP) is 3.98. The smallest absolute Gasteiger partial charge is 0.0459 e. The molecule has 1 atom stereocenters. The largest absolute Gasteiger partial charge is 0.284 e. The molecular formula is C13H27NS. The molecule has 0 aromatic heterocycles. The number of hydrogen-bond acceptors (Lipinski definition) is 2. The van der Waals surface area contributed by atoms with Crippen LogP contribution in [0, 0.1) is 5.41 Å². The van der Waals surface area contributed by atoms with Gasteiger partial charge in [-0.05, 0) is 40.0 Å². The summed E-state index contributed by atoms with van der Waals surface area (Å²) in [7, 11) is 0. The van der Waals surface area contributed by atoms with Crippen molar-refractivity contribution in [2.75, 3.05) is 5.88 Å². The van der Waals surface area contributed by atoms with Gasteiger partial charge in [0.1, 0.15) is 0 Å². The zero-order valence-electron chi connectivity index (χ0n) is 11.6. The lowest BCUT2D eigenvalue weighted by Crippen LogP contribution is -2.55. The number of nitrogens with zero attached hydrogens (tertiary/aromatic N) is 1. The van der Waals surface area contributed by atoms with Crippen LogP contribution in [0.25, 0.3) is 0 Å². The Kier molecular flexibility index (Phi) is 3.27. The minimum absolute atomic E-state index is 0.277. The molecule has 1 unspecified atom stereocenters. The van der Waals surface area contributed by atoms with Crippen molar-refractivity contribution < 1.29 is 0 Å². The Labute approximate surface area is 100.0 Å². The zero-order chi connectivity index (χ0) is 12.1. The molecule has 90 valence electrons. The minimum Gasteiger partial charge on any atom is -0.284 e. The highest BCUT2D eigenvalue weighted by Crippen LogP contribution is 2.49. The summed E-state index contributed by atoms with van der Waals surface area (Å²) in [5.41, 5.74) is 0.624. The first-order chi connectivity index (χ1) is 6.46. The highest BCUT2D eigenvalue weighted by molar-refractivity contribution is 8.00. The maximum atomic E-state index is 2.66. The predicted molar refractivity (Wildman–Crippen MR) is 71.4 cm³/mol. The van der Waals surface area contributed by atoms with Gasteiger partial charge in [-0.15, -0.1) is 11.8 Å². The molecule has 1 aliphatic heterocycles. The van der Waals surface area contributed by atoms with E-state index in [2.05, 4.69) is 72.1 Å². The lowest BCUT2D eigenvalue weighted by Gasteiger charge is -2.46. The van der Waals surface area contributed by atoms with Gasteiger partial charge in [0, 0.05) is 22.2 Å². The molecule has 1 fully saturated rings. The van der Waals surface area contributed by atoms with Crippen molar-refractivity contribution in [3.63, 3.8) is 0 Å². The van der Waals surface area contributed by atoms with E-state index in [9.17, 15) is 0 Å². The van der Waals surface area contributed by atoms with Crippen molar-refractivity contribution in [1.29, 1.82) is 0 Å². The summed E-state index contributed by atoms with van der Waals surface area (Å²) in [5, 5.41) is 0. The Morgan fingerprint density at radius 1 is 1.07 bits per heavy atom. The van der Waals surface area contributed by atoms with Crippen LogP contribution in [0.4, 0.5) is 0 Å². The van der Waals surface area contributed by atoms with Gasteiger partial charge in [0.15, 0.2) is 0 Å². The summed E-state index contributed by atoms with van der Waals surface area (Å²) in [6.45, 7) is 18.9. The van der Waals surface area contributed by atoms with Crippen LogP contribution in [0.2, 0.25) is 0 Å². The van der Waals surface area contributed by atoms with Crippen LogP contribution in [-0.4, -0.2) is 27.1 Å². The van der Waals surface area contributed by atoms with Crippen molar-refractivity contribution >= 4 is 11.8 Å². The molecule has 0 radical (unpaired) electrons. The van der Waals surface area contributed by atoms with Crippen LogP contribution in [-0.2, 0) is 0 Å². The third kappa shape index (κ3) is 2.71. The first kappa shape index (κ1) is 13.4. The summed E-state index contributed by atoms with van der Waals surface area (Å²) in [5.74, 6) is 1.17. The van der Waals surface area contributed by atoms with E-state index in [1.807, 2.05) is 0 Å². The maximum Gasteiger partial charge on any atom is 0.0459 e. The van der Waals surface area contributed by atoms with E-state index < -0.39 is 0 Å². The van der Waals surface area contributed by atoms with Crippen LogP contribution in [0.1, 0.15) is 55.4 Å². The quantitative estimate of drug-likeness (QED) is 0.618. The summed E-state index contributed by atoms with van der Waals surface area (Å²) in [6, 6.07) is 0.648. The van der Waals surface area contributed by atoms with E-state index >= 15 is 0 Å². The van der Waals surface area contributed by atoms with Gasteiger partial charge < -0.3 is 0 Å². The van der Waals surface area contributed by atoms with E-state index in [1.165, 1.54) is 5.88 Å². The molecule has 0 bridgehead atoms. The lowest BCUT2D eigenvalue weighted by atomic mass is 9.77. The Morgan fingerprint density at radius 3 is 1.80 bits per heavy atom. The second-order valence-corrected chi connectivity index (χ2v) is 8.89. The Hall–Kier alpha value is 0.310. The Balaban J connectivity index is 3.03. The second kappa shape index (κ2) is 3.66. The Morgan fingerprint density at radius 2 is 1.53 bits per heavy atom. The van der Waals surface area contributed by atoms with Gasteiger partial charge in [-0.3, -0.25) is 4.90 Å². The summed E-state index contributed by atoms with van der Waals surface area (Å²) in [6.07, 6.45) is 0. The van der Waals surface area contributed by atoms with Gasteiger partial charge in [0.05, 0.1) is 0 Å². The first-order valence-corrected chi connectivity index (χ1v) is 6.85. The third-order valence-corrected chi connectivity index (χ3v) is 4.60. The fourth-order valence-electron chi connectivity index (χ4n) is 2.86. The van der Waals surface area contributed by atoms with E-state index in [-0.39, 0.29) is 5.54 Å². The van der Waals surface area contributed by atoms with E-state index in [0.29, 0.717) is 16.2 Å². The van der Waals surface area contributed by atoms with Gasteiger partial charge in [-0.1, -0.05) is 20.8 Å². The molecule has 1 nitrogen and oxygen atoms in total. The van der Waals surface area contributed by atoms with Crippen molar-refractivity contribution in [3.05, 3.63) is 0 Å². The molecule has 1 aliphatic rings. The second-order valence-electron chi connectivity index (χ2n) is 7.29. The monoisotopic (exact) mass is 229 g/mol. The normalized spacial score (nSPS) is 28.4. The molecule has 0 aromatic carbocycles. The molecule has 2 heteroatoms. The Bertz CT molecular complexity index is 232. The molecule has 1 heterocycles. The minimum atomic E-state index is 0.277. The standard InChI is InChI=1S/C13H27NS/c1-11(2,3)10-13(7,8)15-9-14(10)12(4,5)6/h10H,9H2,1-8H3. The van der Waals surface area contributed by atoms with Crippen LogP contribution in [0.5, 0.6) is 0 Å².